The van der Waals surface area contributed by atoms with Crippen molar-refractivity contribution in [3.05, 3.63) is 48.3 Å². The number of nitrogens with two attached hydrogens (primary N) is 1. The molecule has 0 saturated heterocycles. The number of aromatic amines is 1. The number of carbonyl (C=O) groups is 1. The van der Waals surface area contributed by atoms with Gasteiger partial charge in [-0.05, 0) is 63.6 Å². The van der Waals surface area contributed by atoms with Crippen LogP contribution in [0.2, 0.25) is 0 Å². The van der Waals surface area contributed by atoms with Crippen molar-refractivity contribution in [2.24, 2.45) is 0 Å². The number of rotatable bonds is 5. The van der Waals surface area contributed by atoms with Gasteiger partial charge in [-0.25, -0.2) is 14.8 Å². The zero-order chi connectivity index (χ0) is 25.4. The Labute approximate surface area is 210 Å². The van der Waals surface area contributed by atoms with Crippen molar-refractivity contribution in [3.63, 3.8) is 0 Å². The van der Waals surface area contributed by atoms with Gasteiger partial charge in [0.2, 0.25) is 5.82 Å². The van der Waals surface area contributed by atoms with E-state index in [0.29, 0.717) is 27.1 Å². The standard InChI is InChI=1S/C24H24N8O3S/c1-12-5-6-13(29-23(33)34-24(2,3)4)9-15(12)20-31-21(35-32-20)18-19(25)30-22(36-18)28-14-7-8-16-17(10-14)27-11-26-16/h5-11H,25H2,1-4H3,(H,26,27)(H,28,30)(H,29,33). The van der Waals surface area contributed by atoms with Crippen LogP contribution in [0.1, 0.15) is 26.3 Å². The molecule has 0 aliphatic rings. The highest BCUT2D eigenvalue weighted by Gasteiger charge is 2.20. The van der Waals surface area contributed by atoms with Crippen molar-refractivity contribution in [2.75, 3.05) is 16.4 Å². The molecule has 3 aromatic heterocycles. The minimum absolute atomic E-state index is 0.252. The first-order valence-electron chi connectivity index (χ1n) is 11.1. The number of hydrogen-bond acceptors (Lipinski definition) is 10. The molecule has 5 aromatic rings. The van der Waals surface area contributed by atoms with E-state index in [2.05, 4.69) is 35.7 Å². The minimum atomic E-state index is -0.603. The third kappa shape index (κ3) is 4.98. The van der Waals surface area contributed by atoms with Crippen molar-refractivity contribution in [1.82, 2.24) is 25.1 Å². The lowest BCUT2D eigenvalue weighted by Crippen LogP contribution is -2.27. The van der Waals surface area contributed by atoms with Crippen LogP contribution in [0.15, 0.2) is 47.2 Å². The van der Waals surface area contributed by atoms with E-state index in [1.165, 1.54) is 11.3 Å². The van der Waals surface area contributed by atoms with Crippen LogP contribution in [-0.2, 0) is 4.74 Å². The molecule has 3 heterocycles. The summed E-state index contributed by atoms with van der Waals surface area (Å²) >= 11 is 1.30. The Kier molecular flexibility index (Phi) is 5.80. The molecule has 36 heavy (non-hydrogen) atoms. The van der Waals surface area contributed by atoms with E-state index < -0.39 is 11.7 Å². The summed E-state index contributed by atoms with van der Waals surface area (Å²) in [6.45, 7) is 7.33. The van der Waals surface area contributed by atoms with Gasteiger partial charge in [0.25, 0.3) is 5.89 Å². The van der Waals surface area contributed by atoms with Crippen molar-refractivity contribution < 1.29 is 14.1 Å². The Morgan fingerprint density at radius 3 is 2.75 bits per heavy atom. The number of H-pyrrole nitrogens is 1. The molecule has 11 nitrogen and oxygen atoms in total. The first kappa shape index (κ1) is 23.3. The van der Waals surface area contributed by atoms with Crippen LogP contribution in [0.3, 0.4) is 0 Å². The van der Waals surface area contributed by atoms with Crippen LogP contribution in [0.4, 0.5) is 27.1 Å². The first-order chi connectivity index (χ1) is 17.1. The van der Waals surface area contributed by atoms with Gasteiger partial charge < -0.3 is 25.3 Å². The lowest BCUT2D eigenvalue weighted by Gasteiger charge is -2.19. The van der Waals surface area contributed by atoms with Crippen LogP contribution in [0, 0.1) is 6.92 Å². The van der Waals surface area contributed by atoms with Gasteiger partial charge in [-0.2, -0.15) is 4.98 Å². The number of carbonyl (C=O) groups excluding carboxylic acids is 1. The topological polar surface area (TPSA) is 157 Å². The van der Waals surface area contributed by atoms with Gasteiger partial charge in [0, 0.05) is 16.9 Å². The molecule has 0 unspecified atom stereocenters. The third-order valence-electron chi connectivity index (χ3n) is 5.07. The lowest BCUT2D eigenvalue weighted by atomic mass is 10.1. The summed E-state index contributed by atoms with van der Waals surface area (Å²) in [4.78, 5) is 28.9. The van der Waals surface area contributed by atoms with E-state index in [1.54, 1.807) is 39.2 Å². The quantitative estimate of drug-likeness (QED) is 0.235. The molecule has 2 aromatic carbocycles. The highest BCUT2D eigenvalue weighted by atomic mass is 32.1. The summed E-state index contributed by atoms with van der Waals surface area (Å²) in [6.07, 6.45) is 1.10. The molecule has 0 bridgehead atoms. The highest BCUT2D eigenvalue weighted by Crippen LogP contribution is 2.37. The largest absolute Gasteiger partial charge is 0.444 e. The Balaban J connectivity index is 1.36. The number of hydrogen-bond donors (Lipinski definition) is 4. The van der Waals surface area contributed by atoms with Gasteiger partial charge in [0.05, 0.1) is 17.4 Å². The van der Waals surface area contributed by atoms with Gasteiger partial charge in [0.15, 0.2) is 5.13 Å². The molecule has 184 valence electrons. The number of imidazole rings is 1. The summed E-state index contributed by atoms with van der Waals surface area (Å²) in [5.41, 5.74) is 10.3. The summed E-state index contributed by atoms with van der Waals surface area (Å²) in [5, 5.41) is 10.7. The van der Waals surface area contributed by atoms with E-state index >= 15 is 0 Å². The first-order valence-corrected chi connectivity index (χ1v) is 11.9. The van der Waals surface area contributed by atoms with Gasteiger partial charge >= 0.3 is 6.09 Å². The molecule has 12 heteroatoms. The number of nitrogens with zero attached hydrogens (tertiary/aromatic N) is 4. The molecule has 0 aliphatic carbocycles. The second-order valence-corrected chi connectivity index (χ2v) is 10.1. The number of aryl methyl sites for hydroxylation is 1. The molecule has 0 atom stereocenters. The number of fused-ring (bicyclic) bond motifs is 1. The molecule has 5 N–H and O–H groups in total. The maximum atomic E-state index is 12.2. The summed E-state index contributed by atoms with van der Waals surface area (Å²) < 4.78 is 10.8. The van der Waals surface area contributed by atoms with E-state index in [1.807, 2.05) is 31.2 Å². The maximum absolute atomic E-state index is 12.2. The fourth-order valence-corrected chi connectivity index (χ4v) is 4.29. The number of aromatic nitrogens is 5. The van der Waals surface area contributed by atoms with Crippen LogP contribution < -0.4 is 16.4 Å². The summed E-state index contributed by atoms with van der Waals surface area (Å²) in [7, 11) is 0. The number of anilines is 4. The van der Waals surface area contributed by atoms with E-state index in [4.69, 9.17) is 15.0 Å². The van der Waals surface area contributed by atoms with Gasteiger partial charge in [-0.3, -0.25) is 5.32 Å². The predicted octanol–water partition coefficient (Wildman–Crippen LogP) is 5.72. The van der Waals surface area contributed by atoms with Crippen LogP contribution in [0.25, 0.3) is 33.2 Å². The molecular formula is C24H24N8O3S. The zero-order valence-corrected chi connectivity index (χ0v) is 20.9. The Bertz CT molecular complexity index is 1560. The smallest absolute Gasteiger partial charge is 0.412 e. The highest BCUT2D eigenvalue weighted by molar-refractivity contribution is 7.19. The SMILES string of the molecule is Cc1ccc(NC(=O)OC(C)(C)C)cc1-c1noc(-c2sc(Nc3ccc4nc[nH]c4c3)nc2N)n1. The molecule has 0 fully saturated rings. The maximum Gasteiger partial charge on any atom is 0.412 e. The second-order valence-electron chi connectivity index (χ2n) is 9.07. The summed E-state index contributed by atoms with van der Waals surface area (Å²) in [6, 6.07) is 11.2. The van der Waals surface area contributed by atoms with Crippen LogP contribution >= 0.6 is 11.3 Å². The molecule has 5 rings (SSSR count). The van der Waals surface area contributed by atoms with Crippen molar-refractivity contribution in [3.8, 4) is 22.2 Å². The number of ether oxygens (including phenoxy) is 1. The second kappa shape index (κ2) is 8.96. The molecule has 0 radical (unpaired) electrons. The van der Waals surface area contributed by atoms with E-state index in [0.717, 1.165) is 22.3 Å². The normalized spacial score (nSPS) is 11.6. The Morgan fingerprint density at radius 2 is 1.94 bits per heavy atom. The van der Waals surface area contributed by atoms with Gasteiger partial charge in [-0.15, -0.1) is 0 Å². The molecular weight excluding hydrogens is 480 g/mol. The number of thiazole rings is 1. The number of nitrogens with one attached hydrogen (secondary N) is 3. The van der Waals surface area contributed by atoms with E-state index in [9.17, 15) is 4.79 Å². The number of nitrogen functional groups attached to an aromatic ring is 1. The van der Waals surface area contributed by atoms with Crippen LogP contribution in [-0.4, -0.2) is 36.8 Å². The average Bonchev–Trinajstić information content (AvgIpc) is 3.53. The summed E-state index contributed by atoms with van der Waals surface area (Å²) in [5.74, 6) is 0.890. The molecule has 0 saturated carbocycles. The number of benzene rings is 2. The zero-order valence-electron chi connectivity index (χ0n) is 20.0. The van der Waals surface area contributed by atoms with Gasteiger partial charge in [0.1, 0.15) is 16.3 Å². The average molecular weight is 505 g/mol. The Hall–Kier alpha value is -4.45. The molecule has 1 amide bonds. The van der Waals surface area contributed by atoms with Gasteiger partial charge in [-0.1, -0.05) is 22.6 Å². The van der Waals surface area contributed by atoms with Crippen molar-refractivity contribution in [2.45, 2.75) is 33.3 Å². The fraction of sp³-hybridized carbons (Fsp3) is 0.208. The lowest BCUT2D eigenvalue weighted by molar-refractivity contribution is 0.0636. The molecule has 0 spiro atoms. The van der Waals surface area contributed by atoms with E-state index in [-0.39, 0.29) is 11.7 Å². The van der Waals surface area contributed by atoms with Crippen LogP contribution in [0.5, 0.6) is 0 Å². The fourth-order valence-electron chi connectivity index (χ4n) is 3.46. The Morgan fingerprint density at radius 1 is 1.14 bits per heavy atom. The monoisotopic (exact) mass is 504 g/mol. The van der Waals surface area contributed by atoms with Crippen molar-refractivity contribution >= 4 is 50.8 Å². The third-order valence-corrected chi connectivity index (χ3v) is 6.04. The molecule has 0 aliphatic heterocycles. The minimum Gasteiger partial charge on any atom is -0.444 e. The van der Waals surface area contributed by atoms with Crippen molar-refractivity contribution in [1.29, 1.82) is 0 Å². The number of amides is 1. The predicted molar refractivity (Wildman–Crippen MR) is 139 cm³/mol.